The Kier molecular flexibility index (Phi) is 7.60. The summed E-state index contributed by atoms with van der Waals surface area (Å²) < 4.78 is 32.8. The van der Waals surface area contributed by atoms with Gasteiger partial charge >= 0.3 is 0 Å². The van der Waals surface area contributed by atoms with E-state index in [4.69, 9.17) is 4.74 Å². The van der Waals surface area contributed by atoms with Crippen molar-refractivity contribution in [2.24, 2.45) is 0 Å². The normalized spacial score (nSPS) is 12.0. The van der Waals surface area contributed by atoms with Gasteiger partial charge in [0.05, 0.1) is 12.0 Å². The number of carbonyl (C=O) groups excluding carboxylic acids is 2. The van der Waals surface area contributed by atoms with Crippen LogP contribution in [0.4, 0.5) is 5.69 Å². The summed E-state index contributed by atoms with van der Waals surface area (Å²) in [4.78, 5) is 24.3. The van der Waals surface area contributed by atoms with Crippen molar-refractivity contribution in [3.63, 3.8) is 0 Å². The highest BCUT2D eigenvalue weighted by molar-refractivity contribution is 7.92. The molecule has 0 aliphatic heterocycles. The summed E-state index contributed by atoms with van der Waals surface area (Å²) in [5.74, 6) is -0.237. The summed E-state index contributed by atoms with van der Waals surface area (Å²) in [6, 6.07) is 11.3. The Hall–Kier alpha value is -3.07. The van der Waals surface area contributed by atoms with Gasteiger partial charge in [0, 0.05) is 17.8 Å². The quantitative estimate of drug-likeness (QED) is 0.576. The lowest BCUT2D eigenvalue weighted by atomic mass is 10.2. The molecule has 2 aromatic rings. The minimum Gasteiger partial charge on any atom is -0.497 e. The Balaban J connectivity index is 2.12. The SMILES string of the molecule is CCCNC(=O)[C@@H](C)NC(=O)c1cccc(S(=O)(=O)Nc2ccc(OC)cc2)c1. The molecule has 2 amide bonds. The van der Waals surface area contributed by atoms with E-state index < -0.39 is 22.0 Å². The van der Waals surface area contributed by atoms with E-state index in [1.165, 1.54) is 31.4 Å². The first-order valence-electron chi connectivity index (χ1n) is 9.12. The van der Waals surface area contributed by atoms with E-state index in [1.54, 1.807) is 31.2 Å². The van der Waals surface area contributed by atoms with Crippen LogP contribution >= 0.6 is 0 Å². The van der Waals surface area contributed by atoms with Crippen LogP contribution in [0.1, 0.15) is 30.6 Å². The predicted octanol–water partition coefficient (Wildman–Crippen LogP) is 2.14. The molecule has 0 bridgehead atoms. The van der Waals surface area contributed by atoms with Gasteiger partial charge in [-0.3, -0.25) is 14.3 Å². The number of benzene rings is 2. The van der Waals surface area contributed by atoms with Crippen LogP contribution in [-0.4, -0.2) is 39.9 Å². The summed E-state index contributed by atoms with van der Waals surface area (Å²) in [5.41, 5.74) is 0.500. The zero-order chi connectivity index (χ0) is 21.4. The Bertz CT molecular complexity index is 958. The molecule has 1 atom stereocenters. The largest absolute Gasteiger partial charge is 0.497 e. The van der Waals surface area contributed by atoms with Crippen LogP contribution in [0.3, 0.4) is 0 Å². The second-order valence-corrected chi connectivity index (χ2v) is 8.03. The van der Waals surface area contributed by atoms with E-state index >= 15 is 0 Å². The van der Waals surface area contributed by atoms with Gasteiger partial charge in [-0.25, -0.2) is 8.42 Å². The fourth-order valence-electron chi connectivity index (χ4n) is 2.42. The van der Waals surface area contributed by atoms with Gasteiger partial charge in [-0.2, -0.15) is 0 Å². The third-order valence-corrected chi connectivity index (χ3v) is 5.42. The molecule has 0 unspecified atom stereocenters. The molecule has 0 heterocycles. The summed E-state index contributed by atoms with van der Waals surface area (Å²) in [5, 5.41) is 5.26. The second kappa shape index (κ2) is 9.92. The Labute approximate surface area is 170 Å². The van der Waals surface area contributed by atoms with Crippen LogP contribution in [0.5, 0.6) is 5.75 Å². The van der Waals surface area contributed by atoms with E-state index in [0.29, 0.717) is 18.0 Å². The van der Waals surface area contributed by atoms with Gasteiger partial charge in [-0.15, -0.1) is 0 Å². The van der Waals surface area contributed by atoms with Gasteiger partial charge in [0.1, 0.15) is 11.8 Å². The molecule has 0 fully saturated rings. The molecule has 0 saturated carbocycles. The van der Waals surface area contributed by atoms with Gasteiger partial charge in [0.15, 0.2) is 0 Å². The number of hydrogen-bond donors (Lipinski definition) is 3. The minimum atomic E-state index is -3.90. The molecule has 8 nitrogen and oxygen atoms in total. The number of nitrogens with one attached hydrogen (secondary N) is 3. The number of sulfonamides is 1. The van der Waals surface area contributed by atoms with Crippen molar-refractivity contribution in [1.29, 1.82) is 0 Å². The maximum Gasteiger partial charge on any atom is 0.261 e. The average molecular weight is 420 g/mol. The molecule has 0 aromatic heterocycles. The van der Waals surface area contributed by atoms with E-state index in [2.05, 4.69) is 15.4 Å². The summed E-state index contributed by atoms with van der Waals surface area (Å²) in [6.45, 7) is 4.01. The number of methoxy groups -OCH3 is 1. The molecular weight excluding hydrogens is 394 g/mol. The Morgan fingerprint density at radius 3 is 2.41 bits per heavy atom. The maximum atomic E-state index is 12.6. The summed E-state index contributed by atoms with van der Waals surface area (Å²) in [6.07, 6.45) is 0.785. The minimum absolute atomic E-state index is 0.0657. The molecule has 156 valence electrons. The second-order valence-electron chi connectivity index (χ2n) is 6.35. The van der Waals surface area contributed by atoms with Crippen LogP contribution in [0.2, 0.25) is 0 Å². The van der Waals surface area contributed by atoms with Crippen LogP contribution in [0, 0.1) is 0 Å². The van der Waals surface area contributed by atoms with Crippen molar-refractivity contribution in [2.45, 2.75) is 31.2 Å². The maximum absolute atomic E-state index is 12.6. The van der Waals surface area contributed by atoms with Crippen LogP contribution in [0.25, 0.3) is 0 Å². The van der Waals surface area contributed by atoms with Crippen LogP contribution in [-0.2, 0) is 14.8 Å². The Morgan fingerprint density at radius 2 is 1.79 bits per heavy atom. The number of amides is 2. The number of hydrogen-bond acceptors (Lipinski definition) is 5. The first-order chi connectivity index (χ1) is 13.8. The molecule has 0 radical (unpaired) electrons. The van der Waals surface area contributed by atoms with Gasteiger partial charge in [-0.05, 0) is 55.8 Å². The number of rotatable bonds is 9. The van der Waals surface area contributed by atoms with Crippen molar-refractivity contribution in [3.05, 3.63) is 54.1 Å². The van der Waals surface area contributed by atoms with Crippen LogP contribution < -0.4 is 20.1 Å². The lowest BCUT2D eigenvalue weighted by Crippen LogP contribution is -2.45. The van der Waals surface area contributed by atoms with E-state index in [-0.39, 0.29) is 16.4 Å². The van der Waals surface area contributed by atoms with E-state index in [1.807, 2.05) is 6.92 Å². The molecule has 9 heteroatoms. The first kappa shape index (κ1) is 22.2. The van der Waals surface area contributed by atoms with Gasteiger partial charge in [-0.1, -0.05) is 13.0 Å². The predicted molar refractivity (Wildman–Crippen MR) is 110 cm³/mol. The average Bonchev–Trinajstić information content (AvgIpc) is 2.72. The van der Waals surface area contributed by atoms with E-state index in [9.17, 15) is 18.0 Å². The van der Waals surface area contributed by atoms with Crippen molar-refractivity contribution < 1.29 is 22.7 Å². The number of anilines is 1. The number of carbonyl (C=O) groups is 2. The molecule has 0 aliphatic rings. The smallest absolute Gasteiger partial charge is 0.261 e. The monoisotopic (exact) mass is 419 g/mol. The van der Waals surface area contributed by atoms with Crippen molar-refractivity contribution >= 4 is 27.5 Å². The van der Waals surface area contributed by atoms with Gasteiger partial charge < -0.3 is 15.4 Å². The van der Waals surface area contributed by atoms with Gasteiger partial charge in [0.25, 0.3) is 15.9 Å². The summed E-state index contributed by atoms with van der Waals surface area (Å²) >= 11 is 0. The zero-order valence-corrected chi connectivity index (χ0v) is 17.4. The van der Waals surface area contributed by atoms with Gasteiger partial charge in [0.2, 0.25) is 5.91 Å². The summed E-state index contributed by atoms with van der Waals surface area (Å²) in [7, 11) is -2.38. The van der Waals surface area contributed by atoms with Crippen LogP contribution in [0.15, 0.2) is 53.4 Å². The first-order valence-corrected chi connectivity index (χ1v) is 10.6. The highest BCUT2D eigenvalue weighted by Crippen LogP contribution is 2.20. The topological polar surface area (TPSA) is 114 Å². The number of ether oxygens (including phenoxy) is 1. The lowest BCUT2D eigenvalue weighted by Gasteiger charge is -2.14. The fraction of sp³-hybridized carbons (Fsp3) is 0.300. The highest BCUT2D eigenvalue weighted by atomic mass is 32.2. The Morgan fingerprint density at radius 1 is 1.10 bits per heavy atom. The molecule has 0 spiro atoms. The standard InChI is InChI=1S/C20H25N3O5S/c1-4-12-21-19(24)14(2)22-20(25)15-6-5-7-18(13-15)29(26,27)23-16-8-10-17(28-3)11-9-16/h5-11,13-14,23H,4,12H2,1-3H3,(H,21,24)(H,22,25)/t14-/m1/s1. The zero-order valence-electron chi connectivity index (χ0n) is 16.6. The van der Waals surface area contributed by atoms with E-state index in [0.717, 1.165) is 6.42 Å². The van der Waals surface area contributed by atoms with Crippen molar-refractivity contribution in [1.82, 2.24) is 10.6 Å². The molecule has 2 rings (SSSR count). The molecule has 29 heavy (non-hydrogen) atoms. The fourth-order valence-corrected chi connectivity index (χ4v) is 3.53. The molecule has 0 saturated heterocycles. The highest BCUT2D eigenvalue weighted by Gasteiger charge is 2.19. The van der Waals surface area contributed by atoms with Crippen molar-refractivity contribution in [3.8, 4) is 5.75 Å². The molecule has 2 aromatic carbocycles. The molecule has 0 aliphatic carbocycles. The van der Waals surface area contributed by atoms with Crippen molar-refractivity contribution in [2.75, 3.05) is 18.4 Å². The molecular formula is C20H25N3O5S. The molecule has 3 N–H and O–H groups in total. The third-order valence-electron chi connectivity index (χ3n) is 4.04. The third kappa shape index (κ3) is 6.21. The lowest BCUT2D eigenvalue weighted by molar-refractivity contribution is -0.122.